The second-order valence-electron chi connectivity index (χ2n) is 7.61. The molecule has 0 aliphatic carbocycles. The summed E-state index contributed by atoms with van der Waals surface area (Å²) in [5.74, 6) is 0.675. The summed E-state index contributed by atoms with van der Waals surface area (Å²) >= 11 is 1.57. The summed E-state index contributed by atoms with van der Waals surface area (Å²) in [7, 11) is 0. The van der Waals surface area contributed by atoms with Crippen LogP contribution >= 0.6 is 11.8 Å². The molecule has 2 N–H and O–H groups in total. The zero-order valence-electron chi connectivity index (χ0n) is 18.4. The first-order chi connectivity index (χ1) is 15.7. The van der Waals surface area contributed by atoms with Crippen LogP contribution < -0.4 is 5.32 Å². The summed E-state index contributed by atoms with van der Waals surface area (Å²) < 4.78 is 0. The van der Waals surface area contributed by atoms with Gasteiger partial charge in [0.05, 0.1) is 11.4 Å². The van der Waals surface area contributed by atoms with E-state index in [4.69, 9.17) is 4.98 Å². The maximum Gasteiger partial charge on any atom is 0.225 e. The van der Waals surface area contributed by atoms with Gasteiger partial charge in [-0.1, -0.05) is 97.5 Å². The first kappa shape index (κ1) is 21.9. The topological polar surface area (TPSA) is 57.8 Å². The van der Waals surface area contributed by atoms with Crippen LogP contribution in [0.3, 0.4) is 0 Å². The molecule has 1 aromatic heterocycles. The van der Waals surface area contributed by atoms with Crippen molar-refractivity contribution in [3.05, 3.63) is 90.0 Å². The summed E-state index contributed by atoms with van der Waals surface area (Å²) in [5.41, 5.74) is 7.29. The Balaban J connectivity index is 1.46. The first-order valence-electron chi connectivity index (χ1n) is 10.9. The molecule has 0 spiro atoms. The van der Waals surface area contributed by atoms with E-state index in [2.05, 4.69) is 47.6 Å². The molecule has 5 heteroatoms. The summed E-state index contributed by atoms with van der Waals surface area (Å²) in [6, 6.07) is 26.5. The van der Waals surface area contributed by atoms with E-state index in [0.717, 1.165) is 50.9 Å². The van der Waals surface area contributed by atoms with E-state index in [0.29, 0.717) is 12.2 Å². The van der Waals surface area contributed by atoms with Gasteiger partial charge in [-0.15, -0.1) is 0 Å². The number of carbonyl (C=O) groups is 1. The van der Waals surface area contributed by atoms with E-state index in [-0.39, 0.29) is 5.91 Å². The van der Waals surface area contributed by atoms with Crippen LogP contribution in [0, 0.1) is 6.92 Å². The van der Waals surface area contributed by atoms with Crippen molar-refractivity contribution in [3.63, 3.8) is 0 Å². The number of benzene rings is 3. The molecule has 0 bridgehead atoms. The van der Waals surface area contributed by atoms with Gasteiger partial charge >= 0.3 is 0 Å². The van der Waals surface area contributed by atoms with Gasteiger partial charge in [-0.05, 0) is 24.5 Å². The Labute approximate surface area is 193 Å². The fourth-order valence-corrected chi connectivity index (χ4v) is 4.49. The van der Waals surface area contributed by atoms with Crippen LogP contribution in [0.5, 0.6) is 0 Å². The molecule has 1 heterocycles. The van der Waals surface area contributed by atoms with Gasteiger partial charge in [0.1, 0.15) is 0 Å². The molecule has 162 valence electrons. The molecule has 0 atom stereocenters. The van der Waals surface area contributed by atoms with Crippen LogP contribution in [0.25, 0.3) is 22.5 Å². The standard InChI is InChI=1S/C27H27N3OS/c1-3-20-16-10-11-19(2)24(20)28-23(31)17-18-32-27-29-25(21-12-6-4-7-13-21)26(30-27)22-14-8-5-9-15-22/h4-16H,3,17-18H2,1-2H3,(H,28,31)(H,29,30). The van der Waals surface area contributed by atoms with Crippen LogP contribution in [-0.4, -0.2) is 21.6 Å². The molecule has 0 aliphatic heterocycles. The highest BCUT2D eigenvalue weighted by Crippen LogP contribution is 2.32. The predicted octanol–water partition coefficient (Wildman–Crippen LogP) is 6.74. The van der Waals surface area contributed by atoms with Gasteiger partial charge in [0.2, 0.25) is 5.91 Å². The van der Waals surface area contributed by atoms with Crippen LogP contribution in [0.15, 0.2) is 84.0 Å². The van der Waals surface area contributed by atoms with Gasteiger partial charge in [-0.25, -0.2) is 4.98 Å². The van der Waals surface area contributed by atoms with E-state index in [1.807, 2.05) is 55.5 Å². The molecule has 32 heavy (non-hydrogen) atoms. The summed E-state index contributed by atoms with van der Waals surface area (Å²) in [5, 5.41) is 3.92. The molecule has 0 aliphatic rings. The van der Waals surface area contributed by atoms with Crippen molar-refractivity contribution in [2.24, 2.45) is 0 Å². The van der Waals surface area contributed by atoms with Crippen molar-refractivity contribution in [3.8, 4) is 22.5 Å². The second-order valence-corrected chi connectivity index (χ2v) is 8.69. The Morgan fingerprint density at radius 3 is 2.31 bits per heavy atom. The summed E-state index contributed by atoms with van der Waals surface area (Å²) in [6.07, 6.45) is 1.31. The number of hydrogen-bond acceptors (Lipinski definition) is 3. The lowest BCUT2D eigenvalue weighted by molar-refractivity contribution is -0.115. The Bertz CT molecular complexity index is 1130. The number of carbonyl (C=O) groups excluding carboxylic acids is 1. The van der Waals surface area contributed by atoms with E-state index < -0.39 is 0 Å². The Hall–Kier alpha value is -3.31. The number of H-pyrrole nitrogens is 1. The van der Waals surface area contributed by atoms with Crippen molar-refractivity contribution in [1.82, 2.24) is 9.97 Å². The van der Waals surface area contributed by atoms with Gasteiger partial charge < -0.3 is 10.3 Å². The van der Waals surface area contributed by atoms with E-state index in [1.165, 1.54) is 0 Å². The molecule has 0 saturated heterocycles. The van der Waals surface area contributed by atoms with Crippen molar-refractivity contribution < 1.29 is 4.79 Å². The van der Waals surface area contributed by atoms with E-state index in [1.54, 1.807) is 11.8 Å². The number of rotatable bonds is 8. The monoisotopic (exact) mass is 441 g/mol. The number of aryl methyl sites for hydroxylation is 2. The summed E-state index contributed by atoms with van der Waals surface area (Å²) in [6.45, 7) is 4.13. The van der Waals surface area contributed by atoms with Crippen LogP contribution in [-0.2, 0) is 11.2 Å². The number of amides is 1. The largest absolute Gasteiger partial charge is 0.332 e. The fraction of sp³-hybridized carbons (Fsp3) is 0.185. The van der Waals surface area contributed by atoms with Gasteiger partial charge in [0.25, 0.3) is 0 Å². The minimum Gasteiger partial charge on any atom is -0.332 e. The zero-order valence-corrected chi connectivity index (χ0v) is 19.2. The van der Waals surface area contributed by atoms with Crippen LogP contribution in [0.1, 0.15) is 24.5 Å². The highest BCUT2D eigenvalue weighted by atomic mass is 32.2. The number of imidazole rings is 1. The molecule has 4 aromatic rings. The van der Waals surface area contributed by atoms with Crippen molar-refractivity contribution in [1.29, 1.82) is 0 Å². The van der Waals surface area contributed by atoms with Gasteiger partial charge in [-0.3, -0.25) is 4.79 Å². The van der Waals surface area contributed by atoms with Crippen LogP contribution in [0.4, 0.5) is 5.69 Å². The summed E-state index contributed by atoms with van der Waals surface area (Å²) in [4.78, 5) is 20.9. The highest BCUT2D eigenvalue weighted by Gasteiger charge is 2.15. The molecule has 0 saturated carbocycles. The van der Waals surface area contributed by atoms with Crippen LogP contribution in [0.2, 0.25) is 0 Å². The average molecular weight is 442 g/mol. The Kier molecular flexibility index (Phi) is 7.07. The third kappa shape index (κ3) is 5.11. The maximum absolute atomic E-state index is 12.6. The minimum absolute atomic E-state index is 0.0274. The molecule has 0 radical (unpaired) electrons. The maximum atomic E-state index is 12.6. The van der Waals surface area contributed by atoms with Gasteiger partial charge in [-0.2, -0.15) is 0 Å². The minimum atomic E-state index is 0.0274. The number of hydrogen-bond donors (Lipinski definition) is 2. The third-order valence-electron chi connectivity index (χ3n) is 5.36. The van der Waals surface area contributed by atoms with Crippen molar-refractivity contribution >= 4 is 23.4 Å². The van der Waals surface area contributed by atoms with Crippen molar-refractivity contribution in [2.75, 3.05) is 11.1 Å². The Morgan fingerprint density at radius 1 is 0.938 bits per heavy atom. The molecular weight excluding hydrogens is 414 g/mol. The number of thioether (sulfide) groups is 1. The number of nitrogens with one attached hydrogen (secondary N) is 2. The first-order valence-corrected chi connectivity index (χ1v) is 11.9. The quantitative estimate of drug-likeness (QED) is 0.298. The average Bonchev–Trinajstić information content (AvgIpc) is 3.26. The lowest BCUT2D eigenvalue weighted by Gasteiger charge is -2.12. The molecule has 0 fully saturated rings. The van der Waals surface area contributed by atoms with E-state index in [9.17, 15) is 4.79 Å². The highest BCUT2D eigenvalue weighted by molar-refractivity contribution is 7.99. The number of anilines is 1. The molecule has 4 nitrogen and oxygen atoms in total. The Morgan fingerprint density at radius 2 is 1.62 bits per heavy atom. The predicted molar refractivity (Wildman–Crippen MR) is 134 cm³/mol. The smallest absolute Gasteiger partial charge is 0.225 e. The second kappa shape index (κ2) is 10.3. The number of aromatic nitrogens is 2. The normalized spacial score (nSPS) is 10.8. The lowest BCUT2D eigenvalue weighted by Crippen LogP contribution is -2.14. The lowest BCUT2D eigenvalue weighted by atomic mass is 10.1. The fourth-order valence-electron chi connectivity index (χ4n) is 3.68. The number of para-hydroxylation sites is 1. The van der Waals surface area contributed by atoms with E-state index >= 15 is 0 Å². The molecule has 4 rings (SSSR count). The number of aromatic amines is 1. The zero-order chi connectivity index (χ0) is 22.3. The molecule has 3 aromatic carbocycles. The SMILES string of the molecule is CCc1cccc(C)c1NC(=O)CCSc1nc(-c2ccccc2)c(-c2ccccc2)[nH]1. The molecular formula is C27H27N3OS. The molecule has 0 unspecified atom stereocenters. The third-order valence-corrected chi connectivity index (χ3v) is 6.24. The van der Waals surface area contributed by atoms with Crippen molar-refractivity contribution in [2.45, 2.75) is 31.8 Å². The molecule has 1 amide bonds. The van der Waals surface area contributed by atoms with Gasteiger partial charge in [0.15, 0.2) is 5.16 Å². The van der Waals surface area contributed by atoms with Gasteiger partial charge in [0, 0.05) is 29.0 Å². The number of nitrogens with zero attached hydrogens (tertiary/aromatic N) is 1.